The van der Waals surface area contributed by atoms with Crippen molar-refractivity contribution in [1.82, 2.24) is 0 Å². The molecule has 0 heterocycles. The van der Waals surface area contributed by atoms with E-state index in [1.165, 1.54) is 25.1 Å². The maximum atomic E-state index is 13.5. The van der Waals surface area contributed by atoms with Gasteiger partial charge in [-0.05, 0) is 55.3 Å². The number of Topliss-reactive ketones (excluding diaryl/α,β-unsaturated/α-hetero) is 1. The van der Waals surface area contributed by atoms with Gasteiger partial charge in [-0.2, -0.15) is 0 Å². The maximum Gasteiger partial charge on any atom is 0.247 e. The van der Waals surface area contributed by atoms with Crippen LogP contribution in [0.25, 0.3) is 0 Å². The highest BCUT2D eigenvalue weighted by atomic mass is 19.1. The Hall–Kier alpha value is -3.28. The molecule has 0 aliphatic heterocycles. The number of hydrogen-bond donors (Lipinski definition) is 2. The van der Waals surface area contributed by atoms with Crippen LogP contribution >= 0.6 is 0 Å². The molecule has 0 atom stereocenters. The molecule has 2 aromatic carbocycles. The second-order valence-electron chi connectivity index (χ2n) is 5.69. The van der Waals surface area contributed by atoms with Gasteiger partial charge in [-0.25, -0.2) is 4.39 Å². The fourth-order valence-corrected chi connectivity index (χ4v) is 2.30. The van der Waals surface area contributed by atoms with Crippen LogP contribution in [0.3, 0.4) is 0 Å². The molecule has 5 nitrogen and oxygen atoms in total. The number of benzene rings is 2. The lowest BCUT2D eigenvalue weighted by molar-refractivity contribution is -0.116. The lowest BCUT2D eigenvalue weighted by atomic mass is 10.1. The van der Waals surface area contributed by atoms with Crippen LogP contribution in [0.15, 0.2) is 55.1 Å². The van der Waals surface area contributed by atoms with E-state index < -0.39 is 11.6 Å². The molecule has 134 valence electrons. The Morgan fingerprint density at radius 1 is 1.04 bits per heavy atom. The highest BCUT2D eigenvalue weighted by molar-refractivity contribution is 5.99. The monoisotopic (exact) mass is 354 g/mol. The number of carbonyl (C=O) groups excluding carboxylic acids is 3. The summed E-state index contributed by atoms with van der Waals surface area (Å²) in [5.41, 5.74) is 1.90. The van der Waals surface area contributed by atoms with Crippen molar-refractivity contribution in [3.8, 4) is 0 Å². The van der Waals surface area contributed by atoms with Gasteiger partial charge >= 0.3 is 0 Å². The summed E-state index contributed by atoms with van der Waals surface area (Å²) < 4.78 is 13.5. The first-order valence-corrected chi connectivity index (χ1v) is 8.01. The number of halogens is 1. The largest absolute Gasteiger partial charge is 0.326 e. The van der Waals surface area contributed by atoms with Gasteiger partial charge in [0.2, 0.25) is 11.8 Å². The zero-order valence-electron chi connectivity index (χ0n) is 14.3. The van der Waals surface area contributed by atoms with E-state index >= 15 is 0 Å². The van der Waals surface area contributed by atoms with Crippen molar-refractivity contribution in [3.05, 3.63) is 72.1 Å². The van der Waals surface area contributed by atoms with Gasteiger partial charge in [0.05, 0.1) is 5.56 Å². The van der Waals surface area contributed by atoms with Gasteiger partial charge in [0.15, 0.2) is 5.78 Å². The maximum absolute atomic E-state index is 13.5. The topological polar surface area (TPSA) is 75.3 Å². The third kappa shape index (κ3) is 5.37. The van der Waals surface area contributed by atoms with Crippen molar-refractivity contribution < 1.29 is 18.8 Å². The van der Waals surface area contributed by atoms with Crippen molar-refractivity contribution in [2.24, 2.45) is 0 Å². The predicted molar refractivity (Wildman–Crippen MR) is 98.6 cm³/mol. The van der Waals surface area contributed by atoms with Crippen LogP contribution in [0.2, 0.25) is 0 Å². The van der Waals surface area contributed by atoms with Crippen LogP contribution in [0.1, 0.15) is 29.3 Å². The summed E-state index contributed by atoms with van der Waals surface area (Å²) in [5.74, 6) is -1.54. The molecule has 0 unspecified atom stereocenters. The Bertz CT molecular complexity index is 845. The van der Waals surface area contributed by atoms with Crippen LogP contribution in [0, 0.1) is 5.82 Å². The normalized spacial score (nSPS) is 10.1. The van der Waals surface area contributed by atoms with Crippen molar-refractivity contribution in [2.45, 2.75) is 19.8 Å². The zero-order valence-corrected chi connectivity index (χ0v) is 14.3. The number of carbonyl (C=O) groups is 3. The molecular formula is C20H19FN2O3. The Kier molecular flexibility index (Phi) is 6.38. The lowest BCUT2D eigenvalue weighted by Crippen LogP contribution is -2.13. The fourth-order valence-electron chi connectivity index (χ4n) is 2.30. The molecule has 2 rings (SSSR count). The number of amides is 2. The van der Waals surface area contributed by atoms with Crippen molar-refractivity contribution in [2.75, 3.05) is 10.6 Å². The van der Waals surface area contributed by atoms with Crippen LogP contribution in [-0.2, 0) is 16.0 Å². The zero-order chi connectivity index (χ0) is 19.1. The van der Waals surface area contributed by atoms with Gasteiger partial charge in [-0.15, -0.1) is 0 Å². The first kappa shape index (κ1) is 19.1. The molecule has 0 spiro atoms. The van der Waals surface area contributed by atoms with E-state index in [0.29, 0.717) is 17.8 Å². The van der Waals surface area contributed by atoms with Crippen LogP contribution < -0.4 is 10.6 Å². The lowest BCUT2D eigenvalue weighted by Gasteiger charge is -2.08. The number of rotatable bonds is 7. The number of aryl methyl sites for hydroxylation is 1. The predicted octanol–water partition coefficient (Wildman–Crippen LogP) is 3.72. The number of ketones is 1. The summed E-state index contributed by atoms with van der Waals surface area (Å²) in [6, 6.07) is 11.0. The first-order chi connectivity index (χ1) is 12.4. The second-order valence-corrected chi connectivity index (χ2v) is 5.69. The molecule has 0 aromatic heterocycles. The minimum atomic E-state index is -0.612. The van der Waals surface area contributed by atoms with Crippen molar-refractivity contribution in [3.63, 3.8) is 0 Å². The van der Waals surface area contributed by atoms with Gasteiger partial charge in [-0.3, -0.25) is 14.4 Å². The molecule has 2 N–H and O–H groups in total. The highest BCUT2D eigenvalue weighted by Gasteiger charge is 2.10. The average Bonchev–Trinajstić information content (AvgIpc) is 2.62. The van der Waals surface area contributed by atoms with E-state index in [2.05, 4.69) is 17.2 Å². The van der Waals surface area contributed by atoms with Crippen LogP contribution in [0.5, 0.6) is 0 Å². The SMILES string of the molecule is C=CC(=O)Nc1ccc(CCC(=O)Nc2ccc(F)c(C(C)=O)c2)cc1. The number of anilines is 2. The third-order valence-electron chi connectivity index (χ3n) is 3.68. The standard InChI is InChI=1S/C20H19FN2O3/c1-3-19(25)22-15-7-4-14(5-8-15)6-11-20(26)23-16-9-10-18(21)17(12-16)13(2)24/h3-5,7-10,12H,1,6,11H2,2H3,(H,22,25)(H,23,26). The van der Waals surface area contributed by atoms with Crippen molar-refractivity contribution in [1.29, 1.82) is 0 Å². The minimum Gasteiger partial charge on any atom is -0.326 e. The molecule has 0 aliphatic rings. The molecular weight excluding hydrogens is 335 g/mol. The quantitative estimate of drug-likeness (QED) is 0.588. The molecule has 26 heavy (non-hydrogen) atoms. The molecule has 0 aliphatic carbocycles. The summed E-state index contributed by atoms with van der Waals surface area (Å²) >= 11 is 0. The van der Waals surface area contributed by atoms with Gasteiger partial charge < -0.3 is 10.6 Å². The van der Waals surface area contributed by atoms with Crippen LogP contribution in [-0.4, -0.2) is 17.6 Å². The van der Waals surface area contributed by atoms with E-state index in [-0.39, 0.29) is 23.8 Å². The number of hydrogen-bond acceptors (Lipinski definition) is 3. The molecule has 0 bridgehead atoms. The van der Waals surface area contributed by atoms with Gasteiger partial charge in [0.1, 0.15) is 5.82 Å². The number of nitrogens with one attached hydrogen (secondary N) is 2. The molecule has 0 saturated heterocycles. The Labute approximate surface area is 150 Å². The first-order valence-electron chi connectivity index (χ1n) is 8.01. The molecule has 2 aromatic rings. The summed E-state index contributed by atoms with van der Waals surface area (Å²) in [4.78, 5) is 34.6. The highest BCUT2D eigenvalue weighted by Crippen LogP contribution is 2.16. The fraction of sp³-hybridized carbons (Fsp3) is 0.150. The van der Waals surface area contributed by atoms with E-state index in [1.54, 1.807) is 12.1 Å². The van der Waals surface area contributed by atoms with Crippen LogP contribution in [0.4, 0.5) is 15.8 Å². The molecule has 0 saturated carbocycles. The van der Waals surface area contributed by atoms with Gasteiger partial charge in [0.25, 0.3) is 0 Å². The third-order valence-corrected chi connectivity index (χ3v) is 3.68. The molecule has 0 radical (unpaired) electrons. The Morgan fingerprint density at radius 2 is 1.69 bits per heavy atom. The molecule has 0 fully saturated rings. The van der Waals surface area contributed by atoms with E-state index in [0.717, 1.165) is 11.6 Å². The average molecular weight is 354 g/mol. The minimum absolute atomic E-state index is 0.0556. The molecule has 6 heteroatoms. The molecule has 2 amide bonds. The van der Waals surface area contributed by atoms with E-state index in [4.69, 9.17) is 0 Å². The Balaban J connectivity index is 1.90. The summed E-state index contributed by atoms with van der Waals surface area (Å²) in [7, 11) is 0. The van der Waals surface area contributed by atoms with Gasteiger partial charge in [-0.1, -0.05) is 18.7 Å². The summed E-state index contributed by atoms with van der Waals surface area (Å²) in [5, 5.41) is 5.29. The smallest absolute Gasteiger partial charge is 0.247 e. The van der Waals surface area contributed by atoms with E-state index in [9.17, 15) is 18.8 Å². The summed E-state index contributed by atoms with van der Waals surface area (Å²) in [6.07, 6.45) is 1.92. The summed E-state index contributed by atoms with van der Waals surface area (Å²) in [6.45, 7) is 4.65. The second kappa shape index (κ2) is 8.71. The Morgan fingerprint density at radius 3 is 2.31 bits per heavy atom. The van der Waals surface area contributed by atoms with Crippen molar-refractivity contribution >= 4 is 29.0 Å². The van der Waals surface area contributed by atoms with E-state index in [1.807, 2.05) is 12.1 Å². The van der Waals surface area contributed by atoms with Gasteiger partial charge in [0, 0.05) is 17.8 Å².